The van der Waals surface area contributed by atoms with Crippen molar-refractivity contribution in [3.05, 3.63) is 65.7 Å². The van der Waals surface area contributed by atoms with Crippen molar-refractivity contribution in [2.24, 2.45) is 5.10 Å². The van der Waals surface area contributed by atoms with E-state index in [9.17, 15) is 9.90 Å². The Balaban J connectivity index is 1.41. The average Bonchev–Trinajstić information content (AvgIpc) is 3.15. The summed E-state index contributed by atoms with van der Waals surface area (Å²) in [4.78, 5) is 11.9. The van der Waals surface area contributed by atoms with Gasteiger partial charge in [0.2, 0.25) is 0 Å². The molecule has 6 nitrogen and oxygen atoms in total. The van der Waals surface area contributed by atoms with Crippen LogP contribution < -0.4 is 5.43 Å². The lowest BCUT2D eigenvalue weighted by Gasteiger charge is -1.99. The normalized spacial score (nSPS) is 11.0. The highest BCUT2D eigenvalue weighted by Gasteiger charge is 2.08. The summed E-state index contributed by atoms with van der Waals surface area (Å²) in [6.45, 7) is 0. The van der Waals surface area contributed by atoms with Crippen LogP contribution in [0.3, 0.4) is 0 Å². The third kappa shape index (κ3) is 6.38. The van der Waals surface area contributed by atoms with Crippen molar-refractivity contribution in [1.82, 2.24) is 15.6 Å². The van der Waals surface area contributed by atoms with Gasteiger partial charge < -0.3 is 5.11 Å². The van der Waals surface area contributed by atoms with Gasteiger partial charge in [-0.3, -0.25) is 4.79 Å². The Morgan fingerprint density at radius 3 is 2.56 bits per heavy atom. The predicted octanol–water partition coefficient (Wildman–Crippen LogP) is 3.78. The Hall–Kier alpha value is -2.36. The lowest BCUT2D eigenvalue weighted by molar-refractivity contribution is -0.118. The third-order valence-corrected chi connectivity index (χ3v) is 6.51. The molecular weight excluding hydrogens is 400 g/mol. The van der Waals surface area contributed by atoms with E-state index in [1.165, 1.54) is 34.9 Å². The first kappa shape index (κ1) is 19.4. The molecule has 0 aliphatic carbocycles. The number of hydrogen-bond acceptors (Lipinski definition) is 8. The van der Waals surface area contributed by atoms with E-state index < -0.39 is 0 Å². The van der Waals surface area contributed by atoms with Crippen LogP contribution in [0.5, 0.6) is 5.75 Å². The molecule has 0 saturated heterocycles. The van der Waals surface area contributed by atoms with Gasteiger partial charge in [-0.05, 0) is 17.7 Å². The molecular formula is C18H16N4O2S3. The van der Waals surface area contributed by atoms with Gasteiger partial charge in [-0.2, -0.15) is 5.10 Å². The van der Waals surface area contributed by atoms with Crippen LogP contribution in [0.2, 0.25) is 0 Å². The molecule has 0 atom stereocenters. The molecule has 9 heteroatoms. The molecule has 1 heterocycles. The number of aromatic nitrogens is 2. The van der Waals surface area contributed by atoms with Gasteiger partial charge in [0.15, 0.2) is 8.68 Å². The largest absolute Gasteiger partial charge is 0.507 e. The number of amides is 1. The van der Waals surface area contributed by atoms with E-state index in [2.05, 4.69) is 32.9 Å². The van der Waals surface area contributed by atoms with Crippen LogP contribution >= 0.6 is 34.9 Å². The second kappa shape index (κ2) is 10.1. The molecule has 3 aromatic rings. The fourth-order valence-electron chi connectivity index (χ4n) is 1.96. The molecule has 1 amide bonds. The summed E-state index contributed by atoms with van der Waals surface area (Å²) in [6.07, 6.45) is 1.40. The molecule has 0 saturated carbocycles. The van der Waals surface area contributed by atoms with Crippen LogP contribution in [0.4, 0.5) is 0 Å². The number of aromatic hydroxyl groups is 1. The van der Waals surface area contributed by atoms with Crippen molar-refractivity contribution in [1.29, 1.82) is 0 Å². The Morgan fingerprint density at radius 2 is 1.78 bits per heavy atom. The summed E-state index contributed by atoms with van der Waals surface area (Å²) in [7, 11) is 0. The molecule has 0 aliphatic heterocycles. The first-order valence-corrected chi connectivity index (χ1v) is 10.7. The lowest BCUT2D eigenvalue weighted by atomic mass is 10.2. The van der Waals surface area contributed by atoms with Crippen molar-refractivity contribution < 1.29 is 9.90 Å². The van der Waals surface area contributed by atoms with E-state index >= 15 is 0 Å². The highest BCUT2D eigenvalue weighted by atomic mass is 32.2. The summed E-state index contributed by atoms with van der Waals surface area (Å²) in [6, 6.07) is 16.9. The molecule has 0 bridgehead atoms. The molecule has 27 heavy (non-hydrogen) atoms. The van der Waals surface area contributed by atoms with Gasteiger partial charge in [0.25, 0.3) is 5.91 Å². The van der Waals surface area contributed by atoms with Gasteiger partial charge >= 0.3 is 0 Å². The predicted molar refractivity (Wildman–Crippen MR) is 110 cm³/mol. The zero-order valence-corrected chi connectivity index (χ0v) is 16.6. The number of rotatable bonds is 8. The smallest absolute Gasteiger partial charge is 0.250 e. The maximum absolute atomic E-state index is 11.9. The van der Waals surface area contributed by atoms with Crippen molar-refractivity contribution in [2.45, 2.75) is 14.4 Å². The monoisotopic (exact) mass is 416 g/mol. The summed E-state index contributed by atoms with van der Waals surface area (Å²) in [5.74, 6) is 0.886. The number of nitrogens with zero attached hydrogens (tertiary/aromatic N) is 3. The van der Waals surface area contributed by atoms with E-state index in [4.69, 9.17) is 0 Å². The van der Waals surface area contributed by atoms with E-state index in [0.29, 0.717) is 5.56 Å². The maximum Gasteiger partial charge on any atom is 0.250 e. The highest BCUT2D eigenvalue weighted by Crippen LogP contribution is 2.30. The van der Waals surface area contributed by atoms with Crippen LogP contribution in [-0.4, -0.2) is 33.2 Å². The van der Waals surface area contributed by atoms with Crippen molar-refractivity contribution in [3.8, 4) is 5.75 Å². The summed E-state index contributed by atoms with van der Waals surface area (Å²) in [5, 5.41) is 21.7. The van der Waals surface area contributed by atoms with Crippen LogP contribution in [0.25, 0.3) is 0 Å². The number of hydrogen-bond donors (Lipinski definition) is 2. The molecule has 138 valence electrons. The summed E-state index contributed by atoms with van der Waals surface area (Å²) in [5.41, 5.74) is 4.20. The minimum Gasteiger partial charge on any atom is -0.507 e. The minimum atomic E-state index is -0.250. The Bertz CT molecular complexity index is 916. The van der Waals surface area contributed by atoms with Gasteiger partial charge in [0.1, 0.15) is 5.75 Å². The number of carbonyl (C=O) groups is 1. The number of nitrogens with one attached hydrogen (secondary N) is 1. The van der Waals surface area contributed by atoms with Crippen LogP contribution in [0.1, 0.15) is 11.1 Å². The SMILES string of the molecule is O=C(CSc1nnc(SCc2ccccc2)s1)N/N=C\c1ccccc1O. The zero-order valence-electron chi connectivity index (χ0n) is 14.1. The fraction of sp³-hybridized carbons (Fsp3) is 0.111. The summed E-state index contributed by atoms with van der Waals surface area (Å²) >= 11 is 4.41. The number of thioether (sulfide) groups is 2. The van der Waals surface area contributed by atoms with Gasteiger partial charge in [-0.15, -0.1) is 10.2 Å². The maximum atomic E-state index is 11.9. The first-order valence-electron chi connectivity index (χ1n) is 7.93. The van der Waals surface area contributed by atoms with E-state index in [-0.39, 0.29) is 17.4 Å². The number of phenolic OH excluding ortho intramolecular Hbond substituents is 1. The molecule has 1 aromatic heterocycles. The standard InChI is InChI=1S/C18H16N4O2S3/c23-15-9-5-4-8-14(15)10-19-20-16(24)12-26-18-22-21-17(27-18)25-11-13-6-2-1-3-7-13/h1-10,23H,11-12H2,(H,20,24)/b19-10-. The lowest BCUT2D eigenvalue weighted by Crippen LogP contribution is -2.19. The van der Waals surface area contributed by atoms with Crippen molar-refractivity contribution in [2.75, 3.05) is 5.75 Å². The van der Waals surface area contributed by atoms with E-state index in [1.54, 1.807) is 36.0 Å². The number of benzene rings is 2. The second-order valence-electron chi connectivity index (χ2n) is 5.25. The zero-order chi connectivity index (χ0) is 18.9. The third-order valence-electron chi connectivity index (χ3n) is 3.25. The molecule has 2 N–H and O–H groups in total. The summed E-state index contributed by atoms with van der Waals surface area (Å²) < 4.78 is 1.62. The number of hydrazone groups is 1. The van der Waals surface area contributed by atoms with Crippen LogP contribution in [-0.2, 0) is 10.5 Å². The number of para-hydroxylation sites is 1. The Morgan fingerprint density at radius 1 is 1.07 bits per heavy atom. The highest BCUT2D eigenvalue weighted by molar-refractivity contribution is 8.03. The topological polar surface area (TPSA) is 87.5 Å². The van der Waals surface area contributed by atoms with E-state index in [0.717, 1.165) is 14.4 Å². The average molecular weight is 417 g/mol. The van der Waals surface area contributed by atoms with Crippen molar-refractivity contribution >= 4 is 47.0 Å². The molecule has 0 unspecified atom stereocenters. The van der Waals surface area contributed by atoms with Gasteiger partial charge in [-0.1, -0.05) is 77.3 Å². The molecule has 0 radical (unpaired) electrons. The fourth-order valence-corrected chi connectivity index (χ4v) is 4.73. The second-order valence-corrected chi connectivity index (χ2v) is 8.67. The molecule has 3 rings (SSSR count). The number of phenols is 1. The Kier molecular flexibility index (Phi) is 7.26. The molecule has 0 fully saturated rings. The van der Waals surface area contributed by atoms with Gasteiger partial charge in [0.05, 0.1) is 12.0 Å². The van der Waals surface area contributed by atoms with E-state index in [1.807, 2.05) is 18.2 Å². The molecule has 0 spiro atoms. The molecule has 2 aromatic carbocycles. The van der Waals surface area contributed by atoms with Gasteiger partial charge in [-0.25, -0.2) is 5.43 Å². The number of carbonyl (C=O) groups excluding carboxylic acids is 1. The van der Waals surface area contributed by atoms with Crippen molar-refractivity contribution in [3.63, 3.8) is 0 Å². The van der Waals surface area contributed by atoms with Gasteiger partial charge in [0, 0.05) is 11.3 Å². The Labute approximate surface area is 169 Å². The quantitative estimate of drug-likeness (QED) is 0.330. The first-order chi connectivity index (χ1) is 13.2. The minimum absolute atomic E-state index is 0.110. The molecule has 0 aliphatic rings. The van der Waals surface area contributed by atoms with Crippen LogP contribution in [0, 0.1) is 0 Å². The van der Waals surface area contributed by atoms with Crippen LogP contribution in [0.15, 0.2) is 68.4 Å².